The molecule has 58 valence electrons. The molecule has 0 atom stereocenters. The maximum Gasteiger partial charge on any atom is 0.0963 e. The van der Waals surface area contributed by atoms with Gasteiger partial charge in [-0.15, -0.1) is 0 Å². The van der Waals surface area contributed by atoms with Crippen molar-refractivity contribution in [1.29, 1.82) is 5.26 Å². The summed E-state index contributed by atoms with van der Waals surface area (Å²) in [6.07, 6.45) is 6.92. The van der Waals surface area contributed by atoms with Crippen molar-refractivity contribution in [1.82, 2.24) is 0 Å². The molecular weight excluding hydrogens is 134 g/mol. The van der Waals surface area contributed by atoms with Gasteiger partial charge in [0.25, 0.3) is 0 Å². The number of hydrogen-bond acceptors (Lipinski definition) is 1. The molecule has 0 heterocycles. The van der Waals surface area contributed by atoms with Crippen LogP contribution in [0, 0.1) is 29.1 Å². The molecule has 0 amide bonds. The standard InChI is InChI=1S/C10H13N/c11-9-5-4-8-10-6-2-1-3-7-10/h10H,1-3,5-7H2. The molecule has 1 aliphatic rings. The Hall–Kier alpha value is -0.950. The van der Waals surface area contributed by atoms with Crippen LogP contribution in [0.3, 0.4) is 0 Å². The van der Waals surface area contributed by atoms with E-state index in [-0.39, 0.29) is 0 Å². The third-order valence-corrected chi connectivity index (χ3v) is 2.08. The van der Waals surface area contributed by atoms with Crippen molar-refractivity contribution >= 4 is 0 Å². The number of nitrogens with zero attached hydrogens (tertiary/aromatic N) is 1. The smallest absolute Gasteiger partial charge is 0.0963 e. The lowest BCUT2D eigenvalue weighted by molar-refractivity contribution is 0.430. The first-order valence-corrected chi connectivity index (χ1v) is 4.29. The van der Waals surface area contributed by atoms with Crippen LogP contribution in [0.5, 0.6) is 0 Å². The number of nitriles is 1. The number of hydrogen-bond donors (Lipinski definition) is 0. The average Bonchev–Trinajstić information content (AvgIpc) is 2.07. The van der Waals surface area contributed by atoms with Crippen LogP contribution in [0.4, 0.5) is 0 Å². The molecule has 1 nitrogen and oxygen atoms in total. The third-order valence-electron chi connectivity index (χ3n) is 2.08. The summed E-state index contributed by atoms with van der Waals surface area (Å²) in [6.45, 7) is 0. The summed E-state index contributed by atoms with van der Waals surface area (Å²) in [4.78, 5) is 0. The van der Waals surface area contributed by atoms with Gasteiger partial charge in [-0.3, -0.25) is 0 Å². The molecule has 0 spiro atoms. The van der Waals surface area contributed by atoms with Crippen molar-refractivity contribution in [2.45, 2.75) is 38.5 Å². The SMILES string of the molecule is N#CCC#CC1CCCCC1. The Morgan fingerprint density at radius 1 is 1.18 bits per heavy atom. The number of rotatable bonds is 0. The fourth-order valence-corrected chi connectivity index (χ4v) is 1.48. The first-order chi connectivity index (χ1) is 5.43. The fraction of sp³-hybridized carbons (Fsp3) is 0.700. The van der Waals surface area contributed by atoms with Gasteiger partial charge in [-0.05, 0) is 12.8 Å². The van der Waals surface area contributed by atoms with E-state index >= 15 is 0 Å². The van der Waals surface area contributed by atoms with Crippen LogP contribution >= 0.6 is 0 Å². The monoisotopic (exact) mass is 147 g/mol. The molecule has 0 N–H and O–H groups in total. The van der Waals surface area contributed by atoms with Gasteiger partial charge in [0.05, 0.1) is 12.5 Å². The van der Waals surface area contributed by atoms with E-state index in [2.05, 4.69) is 11.8 Å². The summed E-state index contributed by atoms with van der Waals surface area (Å²) in [5, 5.41) is 8.24. The third kappa shape index (κ3) is 3.10. The van der Waals surface area contributed by atoms with Crippen LogP contribution in [0.1, 0.15) is 38.5 Å². The van der Waals surface area contributed by atoms with Gasteiger partial charge in [-0.25, -0.2) is 0 Å². The Bertz CT molecular complexity index is 195. The maximum absolute atomic E-state index is 8.24. The van der Waals surface area contributed by atoms with Crippen molar-refractivity contribution in [3.63, 3.8) is 0 Å². The molecule has 1 saturated carbocycles. The second kappa shape index (κ2) is 4.80. The van der Waals surface area contributed by atoms with Crippen LogP contribution in [0.15, 0.2) is 0 Å². The molecule has 1 fully saturated rings. The molecule has 0 bridgehead atoms. The van der Waals surface area contributed by atoms with E-state index in [1.165, 1.54) is 32.1 Å². The van der Waals surface area contributed by atoms with Crippen LogP contribution in [-0.2, 0) is 0 Å². The van der Waals surface area contributed by atoms with Crippen LogP contribution in [0.2, 0.25) is 0 Å². The Labute approximate surface area is 68.4 Å². The van der Waals surface area contributed by atoms with Crippen molar-refractivity contribution in [2.75, 3.05) is 0 Å². The quantitative estimate of drug-likeness (QED) is 0.483. The fourth-order valence-electron chi connectivity index (χ4n) is 1.48. The van der Waals surface area contributed by atoms with E-state index in [4.69, 9.17) is 5.26 Å². The highest BCUT2D eigenvalue weighted by molar-refractivity contribution is 5.08. The molecule has 1 rings (SSSR count). The lowest BCUT2D eigenvalue weighted by atomic mass is 9.90. The second-order valence-corrected chi connectivity index (χ2v) is 2.99. The first-order valence-electron chi connectivity index (χ1n) is 4.29. The average molecular weight is 147 g/mol. The van der Waals surface area contributed by atoms with Crippen LogP contribution in [-0.4, -0.2) is 0 Å². The normalized spacial score (nSPS) is 18.1. The topological polar surface area (TPSA) is 23.8 Å². The van der Waals surface area contributed by atoms with Gasteiger partial charge in [0.15, 0.2) is 0 Å². The maximum atomic E-state index is 8.24. The van der Waals surface area contributed by atoms with E-state index in [1.54, 1.807) is 0 Å². The van der Waals surface area contributed by atoms with Gasteiger partial charge < -0.3 is 0 Å². The van der Waals surface area contributed by atoms with Crippen LogP contribution < -0.4 is 0 Å². The first kappa shape index (κ1) is 8.15. The summed E-state index contributed by atoms with van der Waals surface area (Å²) in [7, 11) is 0. The molecule has 0 aromatic heterocycles. The summed E-state index contributed by atoms with van der Waals surface area (Å²) >= 11 is 0. The van der Waals surface area contributed by atoms with Crippen molar-refractivity contribution in [2.24, 2.45) is 5.92 Å². The highest BCUT2D eigenvalue weighted by Crippen LogP contribution is 2.22. The van der Waals surface area contributed by atoms with E-state index in [0.29, 0.717) is 12.3 Å². The Kier molecular flexibility index (Phi) is 3.56. The minimum absolute atomic E-state index is 0.399. The van der Waals surface area contributed by atoms with E-state index in [1.807, 2.05) is 6.07 Å². The summed E-state index contributed by atoms with van der Waals surface area (Å²) < 4.78 is 0. The lowest BCUT2D eigenvalue weighted by Gasteiger charge is -2.15. The molecule has 1 aliphatic carbocycles. The van der Waals surface area contributed by atoms with Gasteiger partial charge in [0.2, 0.25) is 0 Å². The van der Waals surface area contributed by atoms with Crippen molar-refractivity contribution in [3.05, 3.63) is 0 Å². The molecule has 0 aromatic rings. The molecule has 11 heavy (non-hydrogen) atoms. The Morgan fingerprint density at radius 3 is 2.55 bits per heavy atom. The Balaban J connectivity index is 2.26. The minimum Gasteiger partial charge on any atom is -0.197 e. The second-order valence-electron chi connectivity index (χ2n) is 2.99. The van der Waals surface area contributed by atoms with Gasteiger partial charge in [-0.1, -0.05) is 31.1 Å². The van der Waals surface area contributed by atoms with E-state index in [0.717, 1.165) is 0 Å². The zero-order valence-corrected chi connectivity index (χ0v) is 6.77. The van der Waals surface area contributed by atoms with Gasteiger partial charge in [-0.2, -0.15) is 5.26 Å². The molecule has 0 saturated heterocycles. The highest BCUT2D eigenvalue weighted by atomic mass is 14.2. The molecule has 0 aliphatic heterocycles. The predicted molar refractivity (Wildman–Crippen MR) is 44.6 cm³/mol. The molecule has 0 radical (unpaired) electrons. The predicted octanol–water partition coefficient (Wildman–Crippen LogP) is 2.48. The zero-order valence-electron chi connectivity index (χ0n) is 6.77. The Morgan fingerprint density at radius 2 is 1.91 bits per heavy atom. The largest absolute Gasteiger partial charge is 0.197 e. The lowest BCUT2D eigenvalue weighted by Crippen LogP contribution is -2.02. The molecule has 0 aromatic carbocycles. The molecule has 0 unspecified atom stereocenters. The van der Waals surface area contributed by atoms with Gasteiger partial charge in [0, 0.05) is 5.92 Å². The highest BCUT2D eigenvalue weighted by Gasteiger charge is 2.09. The minimum atomic E-state index is 0.399. The van der Waals surface area contributed by atoms with E-state index < -0.39 is 0 Å². The van der Waals surface area contributed by atoms with Crippen LogP contribution in [0.25, 0.3) is 0 Å². The summed E-state index contributed by atoms with van der Waals surface area (Å²) in [6, 6.07) is 2.03. The van der Waals surface area contributed by atoms with E-state index in [9.17, 15) is 0 Å². The van der Waals surface area contributed by atoms with Gasteiger partial charge in [0.1, 0.15) is 0 Å². The van der Waals surface area contributed by atoms with Crippen molar-refractivity contribution < 1.29 is 0 Å². The molecule has 1 heteroatoms. The zero-order chi connectivity index (χ0) is 7.94. The van der Waals surface area contributed by atoms with Crippen molar-refractivity contribution in [3.8, 4) is 17.9 Å². The molecular formula is C10H13N. The summed E-state index contributed by atoms with van der Waals surface area (Å²) in [5.41, 5.74) is 0. The summed E-state index contributed by atoms with van der Waals surface area (Å²) in [5.74, 6) is 6.64. The van der Waals surface area contributed by atoms with Gasteiger partial charge >= 0.3 is 0 Å².